The van der Waals surface area contributed by atoms with Gasteiger partial charge in [0.1, 0.15) is 11.0 Å². The van der Waals surface area contributed by atoms with Crippen LogP contribution in [0, 0.1) is 5.92 Å². The Hall–Kier alpha value is -2.16. The van der Waals surface area contributed by atoms with Crippen molar-refractivity contribution in [2.75, 3.05) is 12.9 Å². The molecular formula is C16H22N4O4S. The molecule has 2 aromatic rings. The van der Waals surface area contributed by atoms with E-state index in [9.17, 15) is 13.2 Å². The Morgan fingerprint density at radius 1 is 1.36 bits per heavy atom. The molecule has 2 atom stereocenters. The van der Waals surface area contributed by atoms with Crippen molar-refractivity contribution in [3.8, 4) is 0 Å². The van der Waals surface area contributed by atoms with Crippen molar-refractivity contribution in [1.29, 1.82) is 0 Å². The average Bonchev–Trinajstić information content (AvgIpc) is 2.96. The lowest BCUT2D eigenvalue weighted by molar-refractivity contribution is -0.127. The molecular weight excluding hydrogens is 344 g/mol. The maximum absolute atomic E-state index is 12.1. The smallest absolute Gasteiger partial charge is 0.261 e. The minimum absolute atomic E-state index is 0.146. The maximum atomic E-state index is 12.1. The van der Waals surface area contributed by atoms with Crippen molar-refractivity contribution >= 4 is 26.8 Å². The molecule has 1 heterocycles. The van der Waals surface area contributed by atoms with Crippen LogP contribution in [0.1, 0.15) is 32.6 Å². The molecule has 25 heavy (non-hydrogen) atoms. The molecule has 9 heteroatoms. The van der Waals surface area contributed by atoms with Crippen molar-refractivity contribution in [2.45, 2.75) is 43.5 Å². The summed E-state index contributed by atoms with van der Waals surface area (Å²) in [5.41, 5.74) is 0.899. The second-order valence-electron chi connectivity index (χ2n) is 6.59. The van der Waals surface area contributed by atoms with E-state index in [4.69, 9.17) is 4.84 Å². The topological polar surface area (TPSA) is 103 Å². The van der Waals surface area contributed by atoms with Crippen LogP contribution in [-0.4, -0.2) is 48.4 Å². The van der Waals surface area contributed by atoms with E-state index in [1.165, 1.54) is 18.6 Å². The first-order chi connectivity index (χ1) is 11.8. The molecule has 0 radical (unpaired) electrons. The predicted octanol–water partition coefficient (Wildman–Crippen LogP) is 0.958. The van der Waals surface area contributed by atoms with Gasteiger partial charge in [-0.15, -0.1) is 5.10 Å². The number of nitrogens with zero attached hydrogens (tertiary/aromatic N) is 3. The largest absolute Gasteiger partial charge is 0.385 e. The third kappa shape index (κ3) is 4.09. The Morgan fingerprint density at radius 3 is 2.84 bits per heavy atom. The summed E-state index contributed by atoms with van der Waals surface area (Å²) in [5.74, 6) is 0.240. The van der Waals surface area contributed by atoms with Crippen LogP contribution in [0.5, 0.6) is 0 Å². The zero-order valence-corrected chi connectivity index (χ0v) is 15.1. The van der Waals surface area contributed by atoms with Gasteiger partial charge >= 0.3 is 0 Å². The van der Waals surface area contributed by atoms with E-state index in [2.05, 4.69) is 22.6 Å². The van der Waals surface area contributed by atoms with Crippen molar-refractivity contribution in [1.82, 2.24) is 20.5 Å². The van der Waals surface area contributed by atoms with Crippen LogP contribution >= 0.6 is 0 Å². The van der Waals surface area contributed by atoms with Gasteiger partial charge in [-0.2, -0.15) is 0 Å². The second-order valence-corrected chi connectivity index (χ2v) is 8.61. The quantitative estimate of drug-likeness (QED) is 0.845. The third-order valence-corrected chi connectivity index (χ3v) is 5.70. The summed E-state index contributed by atoms with van der Waals surface area (Å²) in [7, 11) is -3.35. The lowest BCUT2D eigenvalue weighted by Gasteiger charge is -2.29. The fourth-order valence-electron chi connectivity index (χ4n) is 3.10. The standard InChI is InChI=1S/C16H22N4O4S/c1-11-5-3-4-6-13(11)17-16(21)10-24-20-15-9-12(25(2,22)23)7-8-14(15)18-19-20/h7-9,11,13H,3-6,10H2,1-2H3,(H,17,21)/t11-,13+/m1/s1. The Labute approximate surface area is 146 Å². The van der Waals surface area contributed by atoms with Crippen LogP contribution in [0.25, 0.3) is 11.0 Å². The number of carbonyl (C=O) groups is 1. The molecule has 1 N–H and O–H groups in total. The summed E-state index contributed by atoms with van der Waals surface area (Å²) in [5, 5.41) is 10.7. The molecule has 8 nitrogen and oxygen atoms in total. The minimum Gasteiger partial charge on any atom is -0.385 e. The van der Waals surface area contributed by atoms with Gasteiger partial charge in [0.2, 0.25) is 0 Å². The number of nitrogens with one attached hydrogen (secondary N) is 1. The maximum Gasteiger partial charge on any atom is 0.261 e. The molecule has 1 aliphatic carbocycles. The molecule has 136 valence electrons. The van der Waals surface area contributed by atoms with E-state index in [0.717, 1.165) is 30.4 Å². The SMILES string of the molecule is C[C@@H]1CCCC[C@@H]1NC(=O)COn1nnc2ccc(S(C)(=O)=O)cc21. The first kappa shape index (κ1) is 17.7. The molecule has 1 amide bonds. The lowest BCUT2D eigenvalue weighted by Crippen LogP contribution is -2.43. The van der Waals surface area contributed by atoms with Gasteiger partial charge in [0.05, 0.1) is 4.90 Å². The van der Waals surface area contributed by atoms with Crippen molar-refractivity contribution in [3.63, 3.8) is 0 Å². The molecule has 0 bridgehead atoms. The van der Waals surface area contributed by atoms with Gasteiger partial charge in [-0.3, -0.25) is 4.79 Å². The second kappa shape index (κ2) is 6.99. The van der Waals surface area contributed by atoms with Gasteiger partial charge in [-0.1, -0.05) is 24.6 Å². The Kier molecular flexibility index (Phi) is 4.94. The van der Waals surface area contributed by atoms with Gasteiger partial charge in [0.15, 0.2) is 16.4 Å². The molecule has 3 rings (SSSR count). The number of amides is 1. The monoisotopic (exact) mass is 366 g/mol. The molecule has 0 unspecified atom stereocenters. The fraction of sp³-hybridized carbons (Fsp3) is 0.562. The van der Waals surface area contributed by atoms with Gasteiger partial charge in [0.25, 0.3) is 5.91 Å². The summed E-state index contributed by atoms with van der Waals surface area (Å²) in [6, 6.07) is 4.64. The molecule has 0 saturated heterocycles. The fourth-order valence-corrected chi connectivity index (χ4v) is 3.74. The minimum atomic E-state index is -3.35. The molecule has 1 aromatic heterocycles. The number of hydrogen-bond donors (Lipinski definition) is 1. The van der Waals surface area contributed by atoms with Crippen molar-refractivity contribution in [3.05, 3.63) is 18.2 Å². The number of benzene rings is 1. The van der Waals surface area contributed by atoms with E-state index in [1.807, 2.05) is 0 Å². The van der Waals surface area contributed by atoms with Crippen molar-refractivity contribution in [2.24, 2.45) is 5.92 Å². The van der Waals surface area contributed by atoms with Crippen LogP contribution in [0.4, 0.5) is 0 Å². The third-order valence-electron chi connectivity index (χ3n) is 4.59. The van der Waals surface area contributed by atoms with Crippen molar-refractivity contribution < 1.29 is 18.0 Å². The number of hydrogen-bond acceptors (Lipinski definition) is 6. The summed E-state index contributed by atoms with van der Waals surface area (Å²) in [6.07, 6.45) is 5.56. The van der Waals surface area contributed by atoms with E-state index >= 15 is 0 Å². The number of carbonyl (C=O) groups excluding carboxylic acids is 1. The van der Waals surface area contributed by atoms with E-state index < -0.39 is 9.84 Å². The number of rotatable bonds is 5. The van der Waals surface area contributed by atoms with E-state index in [1.54, 1.807) is 6.07 Å². The highest BCUT2D eigenvalue weighted by Crippen LogP contribution is 2.23. The first-order valence-electron chi connectivity index (χ1n) is 8.33. The highest BCUT2D eigenvalue weighted by atomic mass is 32.2. The Balaban J connectivity index is 1.67. The van der Waals surface area contributed by atoms with Crippen LogP contribution < -0.4 is 10.2 Å². The summed E-state index contributed by atoms with van der Waals surface area (Å²) >= 11 is 0. The summed E-state index contributed by atoms with van der Waals surface area (Å²) in [4.78, 5) is 18.8. The summed E-state index contributed by atoms with van der Waals surface area (Å²) < 4.78 is 23.3. The normalized spacial score (nSPS) is 21.2. The highest BCUT2D eigenvalue weighted by molar-refractivity contribution is 7.90. The summed E-state index contributed by atoms with van der Waals surface area (Å²) in [6.45, 7) is 1.94. The Bertz CT molecular complexity index is 877. The molecule has 1 aliphatic rings. The van der Waals surface area contributed by atoms with Crippen LogP contribution in [0.2, 0.25) is 0 Å². The highest BCUT2D eigenvalue weighted by Gasteiger charge is 2.23. The van der Waals surface area contributed by atoms with Crippen LogP contribution in [0.15, 0.2) is 23.1 Å². The first-order valence-corrected chi connectivity index (χ1v) is 10.2. The van der Waals surface area contributed by atoms with Gasteiger partial charge < -0.3 is 10.2 Å². The predicted molar refractivity (Wildman–Crippen MR) is 91.6 cm³/mol. The molecule has 1 aromatic carbocycles. The zero-order valence-electron chi connectivity index (χ0n) is 14.3. The molecule has 1 fully saturated rings. The molecule has 0 spiro atoms. The average molecular weight is 366 g/mol. The molecule has 0 aliphatic heterocycles. The number of sulfone groups is 1. The van der Waals surface area contributed by atoms with Gasteiger partial charge in [0, 0.05) is 12.3 Å². The van der Waals surface area contributed by atoms with E-state index in [-0.39, 0.29) is 23.5 Å². The lowest BCUT2D eigenvalue weighted by atomic mass is 9.86. The molecule has 1 saturated carbocycles. The van der Waals surface area contributed by atoms with Gasteiger partial charge in [-0.05, 0) is 42.2 Å². The van der Waals surface area contributed by atoms with Crippen LogP contribution in [-0.2, 0) is 14.6 Å². The number of aromatic nitrogens is 3. The zero-order chi connectivity index (χ0) is 18.0. The van der Waals surface area contributed by atoms with Gasteiger partial charge in [-0.25, -0.2) is 8.42 Å². The van der Waals surface area contributed by atoms with Crippen LogP contribution in [0.3, 0.4) is 0 Å². The van der Waals surface area contributed by atoms with E-state index in [0.29, 0.717) is 17.0 Å². The number of fused-ring (bicyclic) bond motifs is 1. The Morgan fingerprint density at radius 2 is 2.12 bits per heavy atom.